The van der Waals surface area contributed by atoms with E-state index < -0.39 is 22.0 Å². The van der Waals surface area contributed by atoms with Gasteiger partial charge in [0.2, 0.25) is 5.91 Å². The van der Waals surface area contributed by atoms with Crippen LogP contribution >= 0.6 is 0 Å². The first-order valence-corrected chi connectivity index (χ1v) is 9.37. The van der Waals surface area contributed by atoms with Crippen LogP contribution in [0.5, 0.6) is 0 Å². The molecular formula is C17H23NO4S. The number of nitrogens with one attached hydrogen (secondary N) is 1. The highest BCUT2D eigenvalue weighted by atomic mass is 32.2. The number of hydrogen-bond donors (Lipinski definition) is 2. The van der Waals surface area contributed by atoms with E-state index in [1.54, 1.807) is 0 Å². The fourth-order valence-corrected chi connectivity index (χ4v) is 4.03. The molecule has 0 bridgehead atoms. The van der Waals surface area contributed by atoms with Crippen molar-refractivity contribution in [3.8, 4) is 0 Å². The van der Waals surface area contributed by atoms with Gasteiger partial charge in [0.1, 0.15) is 11.0 Å². The van der Waals surface area contributed by atoms with Crippen molar-refractivity contribution in [1.82, 2.24) is 5.32 Å². The molecule has 1 aromatic carbocycles. The van der Waals surface area contributed by atoms with E-state index >= 15 is 0 Å². The Hall–Kier alpha value is -1.69. The fraction of sp³-hybridized carbons (Fsp3) is 0.529. The number of carbonyl (C=O) groups is 2. The molecule has 126 valence electrons. The SMILES string of the molecule is O=C(CS(=O)C(CCc1ccccc1)C(=O)O)NC1CCCC1. The molecule has 1 aliphatic rings. The van der Waals surface area contributed by atoms with Crippen molar-refractivity contribution in [2.45, 2.75) is 49.8 Å². The van der Waals surface area contributed by atoms with Gasteiger partial charge in [-0.2, -0.15) is 0 Å². The molecule has 5 nitrogen and oxygen atoms in total. The number of carboxylic acid groups (broad SMARTS) is 1. The summed E-state index contributed by atoms with van der Waals surface area (Å²) in [5.41, 5.74) is 1.01. The first-order chi connectivity index (χ1) is 11.1. The lowest BCUT2D eigenvalue weighted by molar-refractivity contribution is -0.136. The summed E-state index contributed by atoms with van der Waals surface area (Å²) < 4.78 is 12.3. The van der Waals surface area contributed by atoms with Gasteiger partial charge in [0.05, 0.1) is 0 Å². The van der Waals surface area contributed by atoms with E-state index in [-0.39, 0.29) is 24.1 Å². The Labute approximate surface area is 138 Å². The minimum Gasteiger partial charge on any atom is -0.480 e. The van der Waals surface area contributed by atoms with Gasteiger partial charge >= 0.3 is 5.97 Å². The summed E-state index contributed by atoms with van der Waals surface area (Å²) in [7, 11) is -1.70. The molecule has 2 N–H and O–H groups in total. The van der Waals surface area contributed by atoms with Crippen LogP contribution in [0.2, 0.25) is 0 Å². The molecule has 1 saturated carbocycles. The van der Waals surface area contributed by atoms with E-state index in [9.17, 15) is 18.9 Å². The summed E-state index contributed by atoms with van der Waals surface area (Å²) in [5.74, 6) is -1.64. The van der Waals surface area contributed by atoms with Crippen molar-refractivity contribution < 1.29 is 18.9 Å². The normalized spacial score (nSPS) is 17.6. The third kappa shape index (κ3) is 5.78. The molecule has 1 aliphatic carbocycles. The Kier molecular flexibility index (Phi) is 6.77. The maximum atomic E-state index is 12.3. The third-order valence-corrected chi connectivity index (χ3v) is 5.74. The van der Waals surface area contributed by atoms with Gasteiger partial charge in [-0.05, 0) is 31.2 Å². The fourth-order valence-electron chi connectivity index (χ4n) is 2.88. The molecular weight excluding hydrogens is 314 g/mol. The summed E-state index contributed by atoms with van der Waals surface area (Å²) in [4.78, 5) is 23.3. The van der Waals surface area contributed by atoms with Crippen LogP contribution in [0.3, 0.4) is 0 Å². The maximum absolute atomic E-state index is 12.3. The molecule has 1 fully saturated rings. The molecule has 0 saturated heterocycles. The molecule has 0 aromatic heterocycles. The molecule has 0 aliphatic heterocycles. The number of carboxylic acids is 1. The van der Waals surface area contributed by atoms with Gasteiger partial charge in [0.15, 0.2) is 0 Å². The number of rotatable bonds is 8. The highest BCUT2D eigenvalue weighted by Gasteiger charge is 2.27. The monoisotopic (exact) mass is 337 g/mol. The number of hydrogen-bond acceptors (Lipinski definition) is 3. The molecule has 2 atom stereocenters. The van der Waals surface area contributed by atoms with Gasteiger partial charge < -0.3 is 10.4 Å². The lowest BCUT2D eigenvalue weighted by Crippen LogP contribution is -2.39. The zero-order valence-electron chi connectivity index (χ0n) is 13.1. The zero-order chi connectivity index (χ0) is 16.7. The van der Waals surface area contributed by atoms with Gasteiger partial charge in [-0.3, -0.25) is 13.8 Å². The highest BCUT2D eigenvalue weighted by Crippen LogP contribution is 2.17. The van der Waals surface area contributed by atoms with E-state index in [2.05, 4.69) is 5.32 Å². The average Bonchev–Trinajstić information content (AvgIpc) is 3.00. The topological polar surface area (TPSA) is 83.5 Å². The molecule has 0 spiro atoms. The lowest BCUT2D eigenvalue weighted by Gasteiger charge is -2.15. The average molecular weight is 337 g/mol. The molecule has 6 heteroatoms. The van der Waals surface area contributed by atoms with Crippen LogP contribution in [0, 0.1) is 0 Å². The van der Waals surface area contributed by atoms with E-state index in [0.717, 1.165) is 31.2 Å². The van der Waals surface area contributed by atoms with Gasteiger partial charge in [-0.25, -0.2) is 0 Å². The third-order valence-electron chi connectivity index (χ3n) is 4.12. The van der Waals surface area contributed by atoms with Crippen molar-refractivity contribution in [2.24, 2.45) is 0 Å². The maximum Gasteiger partial charge on any atom is 0.319 e. The molecule has 1 aromatic rings. The number of amides is 1. The second-order valence-electron chi connectivity index (χ2n) is 5.93. The van der Waals surface area contributed by atoms with Crippen LogP contribution in [0.25, 0.3) is 0 Å². The predicted octanol–water partition coefficient (Wildman–Crippen LogP) is 1.88. The predicted molar refractivity (Wildman–Crippen MR) is 89.6 cm³/mol. The van der Waals surface area contributed by atoms with E-state index in [1.165, 1.54) is 0 Å². The molecule has 0 radical (unpaired) electrons. The number of carbonyl (C=O) groups excluding carboxylic acids is 1. The number of aryl methyl sites for hydroxylation is 1. The van der Waals surface area contributed by atoms with Gasteiger partial charge in [-0.15, -0.1) is 0 Å². The smallest absolute Gasteiger partial charge is 0.319 e. The standard InChI is InChI=1S/C17H23NO4S/c19-16(18-14-8-4-5-9-14)12-23(22)15(17(20)21)11-10-13-6-2-1-3-7-13/h1-3,6-7,14-15H,4-5,8-12H2,(H,18,19)(H,20,21). The van der Waals surface area contributed by atoms with Gasteiger partial charge in [0.25, 0.3) is 0 Å². The summed E-state index contributed by atoms with van der Waals surface area (Å²) in [6.07, 6.45) is 4.91. The summed E-state index contributed by atoms with van der Waals surface area (Å²) in [6, 6.07) is 9.65. The second kappa shape index (κ2) is 8.82. The molecule has 1 amide bonds. The van der Waals surface area contributed by atoms with E-state index in [0.29, 0.717) is 6.42 Å². The van der Waals surface area contributed by atoms with E-state index in [4.69, 9.17) is 0 Å². The molecule has 2 rings (SSSR count). The van der Waals surface area contributed by atoms with Crippen LogP contribution in [-0.4, -0.2) is 38.2 Å². The lowest BCUT2D eigenvalue weighted by atomic mass is 10.1. The minimum atomic E-state index is -1.70. The Balaban J connectivity index is 1.84. The van der Waals surface area contributed by atoms with Crippen molar-refractivity contribution in [1.29, 1.82) is 0 Å². The van der Waals surface area contributed by atoms with Gasteiger partial charge in [-0.1, -0.05) is 43.2 Å². The minimum absolute atomic E-state index is 0.159. The molecule has 23 heavy (non-hydrogen) atoms. The van der Waals surface area contributed by atoms with Crippen molar-refractivity contribution in [3.05, 3.63) is 35.9 Å². The molecule has 0 heterocycles. The van der Waals surface area contributed by atoms with Crippen LogP contribution < -0.4 is 5.32 Å². The van der Waals surface area contributed by atoms with Crippen LogP contribution in [0.4, 0.5) is 0 Å². The largest absolute Gasteiger partial charge is 0.480 e. The van der Waals surface area contributed by atoms with E-state index in [1.807, 2.05) is 30.3 Å². The number of benzene rings is 1. The first-order valence-electron chi connectivity index (χ1n) is 7.99. The highest BCUT2D eigenvalue weighted by molar-refractivity contribution is 7.87. The first kappa shape index (κ1) is 17.7. The van der Waals surface area contributed by atoms with Crippen LogP contribution in [0.15, 0.2) is 30.3 Å². The quantitative estimate of drug-likeness (QED) is 0.759. The molecule has 2 unspecified atom stereocenters. The second-order valence-corrected chi connectivity index (χ2v) is 7.54. The van der Waals surface area contributed by atoms with Crippen molar-refractivity contribution in [2.75, 3.05) is 5.75 Å². The Morgan fingerprint density at radius 3 is 2.48 bits per heavy atom. The van der Waals surface area contributed by atoms with Crippen molar-refractivity contribution >= 4 is 22.7 Å². The number of aliphatic carboxylic acids is 1. The summed E-state index contributed by atoms with van der Waals surface area (Å²) in [6.45, 7) is 0. The van der Waals surface area contributed by atoms with Crippen LogP contribution in [0.1, 0.15) is 37.7 Å². The zero-order valence-corrected chi connectivity index (χ0v) is 13.9. The van der Waals surface area contributed by atoms with Crippen molar-refractivity contribution in [3.63, 3.8) is 0 Å². The Bertz CT molecular complexity index is 555. The Morgan fingerprint density at radius 2 is 1.87 bits per heavy atom. The van der Waals surface area contributed by atoms with Gasteiger partial charge in [0, 0.05) is 16.8 Å². The summed E-state index contributed by atoms with van der Waals surface area (Å²) in [5, 5.41) is 11.1. The Morgan fingerprint density at radius 1 is 1.22 bits per heavy atom. The summed E-state index contributed by atoms with van der Waals surface area (Å²) >= 11 is 0. The van der Waals surface area contributed by atoms with Crippen LogP contribution in [-0.2, 0) is 26.8 Å².